The Morgan fingerprint density at radius 1 is 0.933 bits per heavy atom. The van der Waals surface area contributed by atoms with E-state index in [1.54, 1.807) is 12.0 Å². The lowest BCUT2D eigenvalue weighted by Gasteiger charge is -2.29. The summed E-state index contributed by atoms with van der Waals surface area (Å²) in [4.78, 5) is 27.0. The van der Waals surface area contributed by atoms with E-state index in [1.807, 2.05) is 75.4 Å². The molecule has 2 aromatic carbocycles. The average molecular weight is 414 g/mol. The molecule has 0 aromatic heterocycles. The molecule has 1 atom stereocenters. The number of rotatable bonds is 8. The van der Waals surface area contributed by atoms with E-state index in [9.17, 15) is 9.59 Å². The van der Waals surface area contributed by atoms with Crippen LogP contribution in [0.1, 0.15) is 31.9 Å². The van der Waals surface area contributed by atoms with Crippen molar-refractivity contribution >= 4 is 12.1 Å². The number of ether oxygens (including phenoxy) is 3. The fourth-order valence-electron chi connectivity index (χ4n) is 3.04. The fourth-order valence-corrected chi connectivity index (χ4v) is 3.04. The van der Waals surface area contributed by atoms with Crippen molar-refractivity contribution < 1.29 is 23.8 Å². The largest absolute Gasteiger partial charge is 0.497 e. The summed E-state index contributed by atoms with van der Waals surface area (Å²) in [5.41, 5.74) is 1.27. The molecule has 6 nitrogen and oxygen atoms in total. The van der Waals surface area contributed by atoms with E-state index in [0.29, 0.717) is 13.0 Å². The Labute approximate surface area is 178 Å². The van der Waals surface area contributed by atoms with Gasteiger partial charge in [0.15, 0.2) is 0 Å². The summed E-state index contributed by atoms with van der Waals surface area (Å²) >= 11 is 0. The van der Waals surface area contributed by atoms with E-state index < -0.39 is 17.6 Å². The molecule has 0 fully saturated rings. The number of nitrogens with zero attached hydrogens (tertiary/aromatic N) is 1. The lowest BCUT2D eigenvalue weighted by Crippen LogP contribution is -2.41. The number of hydrogen-bond donors (Lipinski definition) is 0. The Morgan fingerprint density at radius 3 is 2.10 bits per heavy atom. The molecule has 0 aliphatic rings. The Morgan fingerprint density at radius 2 is 1.57 bits per heavy atom. The zero-order valence-electron chi connectivity index (χ0n) is 18.4. The van der Waals surface area contributed by atoms with Gasteiger partial charge in [-0.2, -0.15) is 0 Å². The molecule has 0 radical (unpaired) electrons. The highest BCUT2D eigenvalue weighted by Gasteiger charge is 2.29. The quantitative estimate of drug-likeness (QED) is 0.598. The zero-order chi connectivity index (χ0) is 22.1. The molecule has 0 saturated heterocycles. The third-order valence-electron chi connectivity index (χ3n) is 4.48. The standard InChI is InChI=1S/C24H31NO5/c1-24(2,3)30-23(27)25(16-19-9-7-6-8-10-19)17-20(22(26)29-5)15-18-11-13-21(28-4)14-12-18/h6-14,20H,15-17H2,1-5H3. The summed E-state index contributed by atoms with van der Waals surface area (Å²) in [5.74, 6) is -0.153. The van der Waals surface area contributed by atoms with E-state index in [2.05, 4.69) is 0 Å². The smallest absolute Gasteiger partial charge is 0.410 e. The molecular formula is C24H31NO5. The molecule has 2 rings (SSSR count). The van der Waals surface area contributed by atoms with Crippen molar-refractivity contribution in [3.05, 3.63) is 65.7 Å². The Kier molecular flexibility index (Phi) is 8.27. The number of carbonyl (C=O) groups is 2. The minimum absolute atomic E-state index is 0.183. The van der Waals surface area contributed by atoms with Gasteiger partial charge in [-0.25, -0.2) is 4.79 Å². The third-order valence-corrected chi connectivity index (χ3v) is 4.48. The highest BCUT2D eigenvalue weighted by atomic mass is 16.6. The normalized spacial score (nSPS) is 12.0. The van der Waals surface area contributed by atoms with Crippen LogP contribution in [0.4, 0.5) is 4.79 Å². The molecular weight excluding hydrogens is 382 g/mol. The second-order valence-electron chi connectivity index (χ2n) is 8.12. The molecule has 30 heavy (non-hydrogen) atoms. The second kappa shape index (κ2) is 10.7. The van der Waals surface area contributed by atoms with Gasteiger partial charge < -0.3 is 19.1 Å². The number of benzene rings is 2. The van der Waals surface area contributed by atoms with E-state index >= 15 is 0 Å². The van der Waals surface area contributed by atoms with Crippen molar-refractivity contribution in [2.24, 2.45) is 5.92 Å². The van der Waals surface area contributed by atoms with E-state index in [1.165, 1.54) is 7.11 Å². The van der Waals surface area contributed by atoms with Gasteiger partial charge in [0.25, 0.3) is 0 Å². The van der Waals surface area contributed by atoms with Crippen LogP contribution in [-0.4, -0.2) is 43.3 Å². The second-order valence-corrected chi connectivity index (χ2v) is 8.12. The van der Waals surface area contributed by atoms with Gasteiger partial charge in [0.05, 0.1) is 20.1 Å². The number of carbonyl (C=O) groups excluding carboxylic acids is 2. The van der Waals surface area contributed by atoms with Crippen LogP contribution in [0.2, 0.25) is 0 Å². The maximum atomic E-state index is 12.9. The van der Waals surface area contributed by atoms with Gasteiger partial charge in [-0.1, -0.05) is 42.5 Å². The van der Waals surface area contributed by atoms with Gasteiger partial charge in [-0.05, 0) is 50.5 Å². The Balaban J connectivity index is 2.23. The lowest BCUT2D eigenvalue weighted by atomic mass is 9.98. The number of esters is 1. The molecule has 0 heterocycles. The SMILES string of the molecule is COC(=O)C(Cc1ccc(OC)cc1)CN(Cc1ccccc1)C(=O)OC(C)(C)C. The molecule has 0 aliphatic heterocycles. The maximum absolute atomic E-state index is 12.9. The number of methoxy groups -OCH3 is 2. The topological polar surface area (TPSA) is 65.1 Å². The molecule has 2 aromatic rings. The van der Waals surface area contributed by atoms with Crippen LogP contribution in [0.25, 0.3) is 0 Å². The molecule has 1 unspecified atom stereocenters. The molecule has 0 N–H and O–H groups in total. The van der Waals surface area contributed by atoms with Crippen molar-refractivity contribution in [3.8, 4) is 5.75 Å². The predicted octanol–water partition coefficient (Wildman–Crippen LogP) is 4.46. The lowest BCUT2D eigenvalue weighted by molar-refractivity contribution is -0.146. The minimum atomic E-state index is -0.636. The first kappa shape index (κ1) is 23.3. The summed E-state index contributed by atoms with van der Waals surface area (Å²) in [7, 11) is 2.97. The van der Waals surface area contributed by atoms with Crippen molar-refractivity contribution in [3.63, 3.8) is 0 Å². The van der Waals surface area contributed by atoms with Crippen LogP contribution in [0.5, 0.6) is 5.75 Å². The maximum Gasteiger partial charge on any atom is 0.410 e. The third kappa shape index (κ3) is 7.43. The van der Waals surface area contributed by atoms with Crippen molar-refractivity contribution in [1.29, 1.82) is 0 Å². The number of hydrogen-bond acceptors (Lipinski definition) is 5. The molecule has 0 aliphatic carbocycles. The van der Waals surface area contributed by atoms with Crippen molar-refractivity contribution in [1.82, 2.24) is 4.90 Å². The van der Waals surface area contributed by atoms with E-state index in [4.69, 9.17) is 14.2 Å². The van der Waals surface area contributed by atoms with Crippen LogP contribution in [0.3, 0.4) is 0 Å². The predicted molar refractivity (Wildman–Crippen MR) is 115 cm³/mol. The van der Waals surface area contributed by atoms with Gasteiger partial charge in [-0.3, -0.25) is 4.79 Å². The van der Waals surface area contributed by atoms with Gasteiger partial charge in [0, 0.05) is 13.1 Å². The first-order valence-electron chi connectivity index (χ1n) is 9.94. The first-order chi connectivity index (χ1) is 14.2. The molecule has 0 saturated carbocycles. The summed E-state index contributed by atoms with van der Waals surface area (Å²) in [6, 6.07) is 17.1. The summed E-state index contributed by atoms with van der Waals surface area (Å²) in [5, 5.41) is 0. The van der Waals surface area contributed by atoms with Crippen LogP contribution in [0.15, 0.2) is 54.6 Å². The van der Waals surface area contributed by atoms with Crippen LogP contribution < -0.4 is 4.74 Å². The summed E-state index contributed by atoms with van der Waals surface area (Å²) < 4.78 is 15.8. The fraction of sp³-hybridized carbons (Fsp3) is 0.417. The van der Waals surface area contributed by atoms with Gasteiger partial charge in [0.1, 0.15) is 11.4 Å². The van der Waals surface area contributed by atoms with E-state index in [0.717, 1.165) is 16.9 Å². The molecule has 0 bridgehead atoms. The van der Waals surface area contributed by atoms with Crippen molar-refractivity contribution in [2.75, 3.05) is 20.8 Å². The highest BCUT2D eigenvalue weighted by molar-refractivity contribution is 5.74. The minimum Gasteiger partial charge on any atom is -0.497 e. The number of amides is 1. The molecule has 0 spiro atoms. The average Bonchev–Trinajstić information content (AvgIpc) is 2.72. The highest BCUT2D eigenvalue weighted by Crippen LogP contribution is 2.19. The monoisotopic (exact) mass is 413 g/mol. The van der Waals surface area contributed by atoms with Crippen LogP contribution in [0, 0.1) is 5.92 Å². The Bertz CT molecular complexity index is 812. The van der Waals surface area contributed by atoms with Gasteiger partial charge >= 0.3 is 12.1 Å². The van der Waals surface area contributed by atoms with E-state index in [-0.39, 0.29) is 12.5 Å². The van der Waals surface area contributed by atoms with Gasteiger partial charge in [0.2, 0.25) is 0 Å². The molecule has 162 valence electrons. The zero-order valence-corrected chi connectivity index (χ0v) is 18.4. The molecule has 1 amide bonds. The van der Waals surface area contributed by atoms with Crippen molar-refractivity contribution in [2.45, 2.75) is 39.3 Å². The van der Waals surface area contributed by atoms with Crippen LogP contribution in [-0.2, 0) is 27.2 Å². The molecule has 6 heteroatoms. The first-order valence-corrected chi connectivity index (χ1v) is 9.94. The summed E-state index contributed by atoms with van der Waals surface area (Å²) in [6.45, 7) is 5.98. The Hall–Kier alpha value is -3.02. The van der Waals surface area contributed by atoms with Crippen LogP contribution >= 0.6 is 0 Å². The summed E-state index contributed by atoms with van der Waals surface area (Å²) in [6.07, 6.45) is -0.0277. The van der Waals surface area contributed by atoms with Gasteiger partial charge in [-0.15, -0.1) is 0 Å².